The lowest BCUT2D eigenvalue weighted by molar-refractivity contribution is -0.384. The Morgan fingerprint density at radius 3 is 2.32 bits per heavy atom. The molecule has 0 aromatic heterocycles. The molecular weight excluding hydrogens is 240 g/mol. The van der Waals surface area contributed by atoms with Gasteiger partial charge in [-0.25, -0.2) is 0 Å². The number of nitrogens with zero attached hydrogens (tertiary/aromatic N) is 2. The van der Waals surface area contributed by atoms with Crippen LogP contribution in [0, 0.1) is 10.1 Å². The van der Waals surface area contributed by atoms with Crippen molar-refractivity contribution in [2.75, 3.05) is 11.4 Å². The van der Waals surface area contributed by atoms with Crippen molar-refractivity contribution in [1.29, 1.82) is 0 Å². The summed E-state index contributed by atoms with van der Waals surface area (Å²) in [5, 5.41) is 10.6. The van der Waals surface area contributed by atoms with Crippen molar-refractivity contribution in [2.45, 2.75) is 12.5 Å². The lowest BCUT2D eigenvalue weighted by atomic mass is 10.0. The first-order valence-electron chi connectivity index (χ1n) is 6.19. The molecule has 0 N–H and O–H groups in total. The monoisotopic (exact) mass is 254 g/mol. The van der Waals surface area contributed by atoms with Gasteiger partial charge in [0.25, 0.3) is 5.69 Å². The molecule has 19 heavy (non-hydrogen) atoms. The van der Waals surface area contributed by atoms with Gasteiger partial charge >= 0.3 is 0 Å². The number of hydrogen-bond acceptors (Lipinski definition) is 3. The van der Waals surface area contributed by atoms with Crippen LogP contribution >= 0.6 is 0 Å². The van der Waals surface area contributed by atoms with E-state index in [0.29, 0.717) is 0 Å². The molecule has 2 aromatic rings. The highest BCUT2D eigenvalue weighted by molar-refractivity contribution is 5.61. The lowest BCUT2D eigenvalue weighted by Gasteiger charge is -2.14. The molecule has 96 valence electrons. The summed E-state index contributed by atoms with van der Waals surface area (Å²) in [5.41, 5.74) is 2.44. The molecule has 1 aliphatic rings. The van der Waals surface area contributed by atoms with E-state index in [1.165, 1.54) is 5.56 Å². The van der Waals surface area contributed by atoms with Crippen molar-refractivity contribution in [1.82, 2.24) is 0 Å². The van der Waals surface area contributed by atoms with Gasteiger partial charge in [0.1, 0.15) is 0 Å². The predicted molar refractivity (Wildman–Crippen MR) is 74.2 cm³/mol. The van der Waals surface area contributed by atoms with Crippen LogP contribution in [0.3, 0.4) is 0 Å². The highest BCUT2D eigenvalue weighted by Crippen LogP contribution is 2.45. The molecule has 1 heterocycles. The minimum absolute atomic E-state index is 0.0113. The Bertz CT molecular complexity index is 610. The fourth-order valence-corrected chi connectivity index (χ4v) is 2.45. The Hall–Kier alpha value is -2.36. The molecule has 1 aliphatic heterocycles. The van der Waals surface area contributed by atoms with Gasteiger partial charge in [0.05, 0.1) is 10.5 Å². The molecule has 0 spiro atoms. The highest BCUT2D eigenvalue weighted by atomic mass is 16.6. The molecule has 1 atom stereocenters. The van der Waals surface area contributed by atoms with E-state index in [4.69, 9.17) is 0 Å². The third-order valence-electron chi connectivity index (χ3n) is 3.73. The fraction of sp³-hybridized carbons (Fsp3) is 0.200. The van der Waals surface area contributed by atoms with Gasteiger partial charge in [-0.15, -0.1) is 0 Å². The zero-order valence-corrected chi connectivity index (χ0v) is 10.6. The van der Waals surface area contributed by atoms with Crippen LogP contribution < -0.4 is 4.90 Å². The second kappa shape index (κ2) is 4.09. The molecule has 0 bridgehead atoms. The van der Waals surface area contributed by atoms with E-state index in [-0.39, 0.29) is 16.1 Å². The van der Waals surface area contributed by atoms with Gasteiger partial charge in [-0.1, -0.05) is 30.3 Å². The number of nitro benzene ring substituents is 1. The van der Waals surface area contributed by atoms with E-state index in [1.54, 1.807) is 12.1 Å². The van der Waals surface area contributed by atoms with Crippen LogP contribution in [0.1, 0.15) is 12.5 Å². The average Bonchev–Trinajstić information content (AvgIpc) is 3.14. The minimum Gasteiger partial charge on any atom is -0.358 e. The molecule has 2 aromatic carbocycles. The van der Waals surface area contributed by atoms with E-state index in [1.807, 2.05) is 30.3 Å². The van der Waals surface area contributed by atoms with Gasteiger partial charge in [-0.05, 0) is 24.6 Å². The van der Waals surface area contributed by atoms with Crippen LogP contribution in [0.25, 0.3) is 0 Å². The van der Waals surface area contributed by atoms with Gasteiger partial charge < -0.3 is 4.90 Å². The second-order valence-electron chi connectivity index (χ2n) is 5.00. The second-order valence-corrected chi connectivity index (χ2v) is 5.00. The van der Waals surface area contributed by atoms with Gasteiger partial charge in [-0.3, -0.25) is 10.1 Å². The molecule has 0 aliphatic carbocycles. The number of nitro groups is 1. The molecule has 1 saturated heterocycles. The SMILES string of the molecule is CC1(c2ccccc2)CN1c1ccc([N+](=O)[O-])cc1. The summed E-state index contributed by atoms with van der Waals surface area (Å²) in [4.78, 5) is 12.5. The maximum absolute atomic E-state index is 10.6. The van der Waals surface area contributed by atoms with Crippen LogP contribution in [0.15, 0.2) is 54.6 Å². The summed E-state index contributed by atoms with van der Waals surface area (Å²) in [6.07, 6.45) is 0. The fourth-order valence-electron chi connectivity index (χ4n) is 2.45. The van der Waals surface area contributed by atoms with Crippen molar-refractivity contribution in [3.63, 3.8) is 0 Å². The number of non-ortho nitro benzene ring substituents is 1. The summed E-state index contributed by atoms with van der Waals surface area (Å²) in [5.74, 6) is 0. The van der Waals surface area contributed by atoms with Crippen LogP contribution in [0.5, 0.6) is 0 Å². The topological polar surface area (TPSA) is 46.1 Å². The zero-order chi connectivity index (χ0) is 13.5. The number of benzene rings is 2. The molecule has 3 rings (SSSR count). The van der Waals surface area contributed by atoms with Crippen molar-refractivity contribution >= 4 is 11.4 Å². The third-order valence-corrected chi connectivity index (χ3v) is 3.73. The van der Waals surface area contributed by atoms with Gasteiger partial charge in [-0.2, -0.15) is 0 Å². The normalized spacial score (nSPS) is 21.2. The standard InChI is InChI=1S/C15H14N2O2/c1-15(12-5-3-2-4-6-12)11-16(15)13-7-9-14(10-8-13)17(18)19/h2-10H,11H2,1H3. The molecule has 4 heteroatoms. The van der Waals surface area contributed by atoms with Crippen LogP contribution in [-0.2, 0) is 5.54 Å². The first-order valence-corrected chi connectivity index (χ1v) is 6.19. The van der Waals surface area contributed by atoms with Crippen LogP contribution in [0.2, 0.25) is 0 Å². The Kier molecular flexibility index (Phi) is 2.52. The number of anilines is 1. The lowest BCUT2D eigenvalue weighted by Crippen LogP contribution is -2.10. The van der Waals surface area contributed by atoms with E-state index < -0.39 is 0 Å². The maximum Gasteiger partial charge on any atom is 0.269 e. The van der Waals surface area contributed by atoms with Crippen molar-refractivity contribution in [2.24, 2.45) is 0 Å². The molecule has 1 fully saturated rings. The summed E-state index contributed by atoms with van der Waals surface area (Å²) in [6, 6.07) is 17.0. The van der Waals surface area contributed by atoms with Gasteiger partial charge in [0, 0.05) is 24.4 Å². The predicted octanol–water partition coefficient (Wildman–Crippen LogP) is 3.33. The molecule has 0 amide bonds. The smallest absolute Gasteiger partial charge is 0.269 e. The molecule has 0 saturated carbocycles. The van der Waals surface area contributed by atoms with Crippen LogP contribution in [-0.4, -0.2) is 11.5 Å². The Balaban J connectivity index is 1.84. The Labute approximate surface area is 111 Å². The molecule has 1 unspecified atom stereocenters. The third kappa shape index (κ3) is 1.95. The summed E-state index contributed by atoms with van der Waals surface area (Å²) in [6.45, 7) is 3.12. The van der Waals surface area contributed by atoms with Crippen molar-refractivity contribution < 1.29 is 4.92 Å². The molecule has 0 radical (unpaired) electrons. The van der Waals surface area contributed by atoms with E-state index in [9.17, 15) is 10.1 Å². The van der Waals surface area contributed by atoms with Crippen LogP contribution in [0.4, 0.5) is 11.4 Å². The Morgan fingerprint density at radius 2 is 1.74 bits per heavy atom. The maximum atomic E-state index is 10.6. The summed E-state index contributed by atoms with van der Waals surface area (Å²) >= 11 is 0. The number of hydrogen-bond donors (Lipinski definition) is 0. The van der Waals surface area contributed by atoms with E-state index >= 15 is 0 Å². The quantitative estimate of drug-likeness (QED) is 0.479. The Morgan fingerprint density at radius 1 is 1.11 bits per heavy atom. The average molecular weight is 254 g/mol. The van der Waals surface area contributed by atoms with Crippen molar-refractivity contribution in [3.8, 4) is 0 Å². The first-order chi connectivity index (χ1) is 9.11. The number of rotatable bonds is 3. The highest BCUT2D eigenvalue weighted by Gasteiger charge is 2.48. The summed E-state index contributed by atoms with van der Waals surface area (Å²) < 4.78 is 0. The van der Waals surface area contributed by atoms with E-state index in [0.717, 1.165) is 12.2 Å². The van der Waals surface area contributed by atoms with Gasteiger partial charge in [0.2, 0.25) is 0 Å². The molecule has 4 nitrogen and oxygen atoms in total. The minimum atomic E-state index is -0.373. The molecular formula is C15H14N2O2. The largest absolute Gasteiger partial charge is 0.358 e. The first kappa shape index (κ1) is 11.7. The van der Waals surface area contributed by atoms with Gasteiger partial charge in [0.15, 0.2) is 0 Å². The van der Waals surface area contributed by atoms with E-state index in [2.05, 4.69) is 24.0 Å². The van der Waals surface area contributed by atoms with Crippen molar-refractivity contribution in [3.05, 3.63) is 70.3 Å². The zero-order valence-electron chi connectivity index (χ0n) is 10.6. The summed E-state index contributed by atoms with van der Waals surface area (Å²) in [7, 11) is 0.